The molecule has 2 aromatic carbocycles. The summed E-state index contributed by atoms with van der Waals surface area (Å²) in [6.07, 6.45) is 0.283. The van der Waals surface area contributed by atoms with Crippen LogP contribution in [0.5, 0.6) is 0 Å². The van der Waals surface area contributed by atoms with E-state index < -0.39 is 12.0 Å². The molecular formula is C26H28BrClN6O2S. The molecule has 3 heterocycles. The maximum absolute atomic E-state index is 11.5. The number of halogens is 2. The van der Waals surface area contributed by atoms with Gasteiger partial charge in [-0.05, 0) is 37.7 Å². The number of hydrogen-bond donors (Lipinski definition) is 1. The van der Waals surface area contributed by atoms with Gasteiger partial charge >= 0.3 is 5.97 Å². The highest BCUT2D eigenvalue weighted by Gasteiger charge is 2.30. The fraction of sp³-hybridized carbons (Fsp3) is 0.385. The molecule has 11 heteroatoms. The molecule has 0 radical (unpaired) electrons. The summed E-state index contributed by atoms with van der Waals surface area (Å²) < 4.78 is 2.96. The molecule has 0 bridgehead atoms. The van der Waals surface area contributed by atoms with Crippen LogP contribution in [0.2, 0.25) is 5.02 Å². The Balaban J connectivity index is 1.53. The van der Waals surface area contributed by atoms with Gasteiger partial charge in [0.25, 0.3) is 0 Å². The lowest BCUT2D eigenvalue weighted by Gasteiger charge is -2.32. The molecule has 0 aliphatic carbocycles. The number of aromatic nitrogens is 3. The Bertz CT molecular complexity index is 1320. The van der Waals surface area contributed by atoms with Crippen molar-refractivity contribution in [1.29, 1.82) is 0 Å². The Morgan fingerprint density at radius 2 is 1.92 bits per heavy atom. The van der Waals surface area contributed by atoms with Crippen LogP contribution in [0, 0.1) is 0 Å². The zero-order chi connectivity index (χ0) is 25.9. The van der Waals surface area contributed by atoms with Crippen LogP contribution >= 0.6 is 39.3 Å². The van der Waals surface area contributed by atoms with Crippen molar-refractivity contribution >= 4 is 51.0 Å². The average molecular weight is 604 g/mol. The van der Waals surface area contributed by atoms with E-state index >= 15 is 0 Å². The van der Waals surface area contributed by atoms with E-state index in [2.05, 4.69) is 47.5 Å². The number of carboxylic acids is 1. The van der Waals surface area contributed by atoms with Crippen molar-refractivity contribution in [2.75, 3.05) is 45.5 Å². The zero-order valence-corrected chi connectivity index (χ0v) is 23.6. The second-order valence-electron chi connectivity index (χ2n) is 9.24. The molecule has 3 aromatic rings. The van der Waals surface area contributed by atoms with Crippen LogP contribution in [0.15, 0.2) is 57.1 Å². The van der Waals surface area contributed by atoms with E-state index in [4.69, 9.17) is 16.6 Å². The number of piperazine rings is 1. The molecule has 1 aromatic heterocycles. The molecule has 0 saturated carbocycles. The minimum Gasteiger partial charge on any atom is -0.481 e. The van der Waals surface area contributed by atoms with Crippen molar-refractivity contribution in [2.45, 2.75) is 24.0 Å². The third kappa shape index (κ3) is 5.93. The summed E-state index contributed by atoms with van der Waals surface area (Å²) in [7, 11) is 2.16. The standard InChI is InChI=1S/C26H28BrClN6O2S/c1-32-10-12-33(13-11-32)14-15-37-26-31-30-25-21(7-9-23(35)36)29-24(18-4-2-3-5-20(18)28)19-16-17(27)6-8-22(19)34(25)26/h2-6,8,16,21H,7,9-15H2,1H3,(H,35,36)/t21-/m0/s1. The number of aliphatic imine (C=N–C) groups is 1. The SMILES string of the molecule is CN1CCN(CCSc2nnc3n2-c2ccc(Br)cc2C(c2ccccc2Cl)=N[C@H]3CCC(=O)O)CC1. The molecule has 2 aliphatic rings. The van der Waals surface area contributed by atoms with Gasteiger partial charge in [0, 0.05) is 65.5 Å². The Morgan fingerprint density at radius 3 is 2.68 bits per heavy atom. The Hall–Kier alpha value is -2.24. The molecule has 1 saturated heterocycles. The van der Waals surface area contributed by atoms with Crippen LogP contribution in [0.3, 0.4) is 0 Å². The minimum atomic E-state index is -0.869. The molecule has 194 valence electrons. The summed E-state index contributed by atoms with van der Waals surface area (Å²) >= 11 is 11.9. The third-order valence-corrected chi connectivity index (χ3v) is 8.42. The molecule has 0 amide bonds. The van der Waals surface area contributed by atoms with Gasteiger partial charge in [0.15, 0.2) is 11.0 Å². The number of nitrogens with zero attached hydrogens (tertiary/aromatic N) is 6. The smallest absolute Gasteiger partial charge is 0.303 e. The summed E-state index contributed by atoms with van der Waals surface area (Å²) in [4.78, 5) is 21.4. The summed E-state index contributed by atoms with van der Waals surface area (Å²) in [6, 6.07) is 13.2. The lowest BCUT2D eigenvalue weighted by molar-refractivity contribution is -0.137. The molecule has 8 nitrogen and oxygen atoms in total. The predicted octanol–water partition coefficient (Wildman–Crippen LogP) is 4.78. The molecule has 2 aliphatic heterocycles. The monoisotopic (exact) mass is 602 g/mol. The normalized spacial score (nSPS) is 18.1. The number of carboxylic acid groups (broad SMARTS) is 1. The van der Waals surface area contributed by atoms with Gasteiger partial charge < -0.3 is 10.0 Å². The summed E-state index contributed by atoms with van der Waals surface area (Å²) in [5, 5.41) is 19.9. The Morgan fingerprint density at radius 1 is 1.14 bits per heavy atom. The lowest BCUT2D eigenvalue weighted by atomic mass is 10.00. The van der Waals surface area contributed by atoms with E-state index in [9.17, 15) is 9.90 Å². The van der Waals surface area contributed by atoms with E-state index in [-0.39, 0.29) is 6.42 Å². The number of hydrogen-bond acceptors (Lipinski definition) is 7. The average Bonchev–Trinajstić information content (AvgIpc) is 3.24. The summed E-state index contributed by atoms with van der Waals surface area (Å²) in [5.74, 6) is 0.659. The van der Waals surface area contributed by atoms with Gasteiger partial charge in [-0.3, -0.25) is 19.3 Å². The number of thioether (sulfide) groups is 1. The van der Waals surface area contributed by atoms with Crippen molar-refractivity contribution in [3.8, 4) is 5.69 Å². The maximum atomic E-state index is 11.5. The molecule has 1 atom stereocenters. The van der Waals surface area contributed by atoms with Crippen molar-refractivity contribution < 1.29 is 9.90 Å². The van der Waals surface area contributed by atoms with Gasteiger partial charge in [-0.1, -0.05) is 57.5 Å². The Labute approximate surface area is 233 Å². The minimum absolute atomic E-state index is 0.0250. The zero-order valence-electron chi connectivity index (χ0n) is 20.5. The van der Waals surface area contributed by atoms with Crippen molar-refractivity contribution in [3.05, 3.63) is 68.9 Å². The number of rotatable bonds is 8. The maximum Gasteiger partial charge on any atom is 0.303 e. The first-order valence-corrected chi connectivity index (χ1v) is 14.4. The van der Waals surface area contributed by atoms with Crippen molar-refractivity contribution in [2.24, 2.45) is 4.99 Å². The van der Waals surface area contributed by atoms with Gasteiger partial charge in [-0.15, -0.1) is 10.2 Å². The first-order valence-electron chi connectivity index (χ1n) is 12.2. The Kier molecular flexibility index (Phi) is 8.31. The highest BCUT2D eigenvalue weighted by atomic mass is 79.9. The van der Waals surface area contributed by atoms with Crippen LogP contribution in [-0.4, -0.2) is 86.9 Å². The van der Waals surface area contributed by atoms with Gasteiger partial charge in [-0.2, -0.15) is 0 Å². The first-order chi connectivity index (χ1) is 17.9. The predicted molar refractivity (Wildman–Crippen MR) is 150 cm³/mol. The topological polar surface area (TPSA) is 86.9 Å². The molecule has 37 heavy (non-hydrogen) atoms. The summed E-state index contributed by atoms with van der Waals surface area (Å²) in [6.45, 7) is 5.27. The second kappa shape index (κ2) is 11.7. The fourth-order valence-electron chi connectivity index (χ4n) is 4.65. The van der Waals surface area contributed by atoms with Gasteiger partial charge in [-0.25, -0.2) is 0 Å². The van der Waals surface area contributed by atoms with Crippen molar-refractivity contribution in [1.82, 2.24) is 24.6 Å². The molecule has 0 spiro atoms. The van der Waals surface area contributed by atoms with E-state index in [1.54, 1.807) is 11.8 Å². The van der Waals surface area contributed by atoms with Gasteiger partial charge in [0.05, 0.1) is 11.4 Å². The molecular weight excluding hydrogens is 576 g/mol. The number of fused-ring (bicyclic) bond motifs is 3. The van der Waals surface area contributed by atoms with Crippen molar-refractivity contribution in [3.63, 3.8) is 0 Å². The molecule has 1 fully saturated rings. The molecule has 1 N–H and O–H groups in total. The van der Waals surface area contributed by atoms with E-state index in [0.29, 0.717) is 17.3 Å². The van der Waals surface area contributed by atoms with E-state index in [1.165, 1.54) is 0 Å². The van der Waals surface area contributed by atoms with Crippen LogP contribution in [0.1, 0.15) is 35.8 Å². The second-order valence-corrected chi connectivity index (χ2v) is 11.6. The lowest BCUT2D eigenvalue weighted by Crippen LogP contribution is -2.45. The fourth-order valence-corrected chi connectivity index (χ4v) is 6.19. The van der Waals surface area contributed by atoms with Gasteiger partial charge in [0.1, 0.15) is 6.04 Å². The number of likely N-dealkylation sites (N-methyl/N-ethyl adjacent to an activating group) is 1. The van der Waals surface area contributed by atoms with E-state index in [0.717, 1.165) is 70.6 Å². The first kappa shape index (κ1) is 26.4. The molecule has 0 unspecified atom stereocenters. The highest BCUT2D eigenvalue weighted by Crippen LogP contribution is 2.37. The number of aliphatic carboxylic acids is 1. The van der Waals surface area contributed by atoms with Crippen LogP contribution in [0.4, 0.5) is 0 Å². The molecule has 5 rings (SSSR count). The number of carbonyl (C=O) groups is 1. The third-order valence-electron chi connectivity index (χ3n) is 6.69. The quantitative estimate of drug-likeness (QED) is 0.371. The van der Waals surface area contributed by atoms with Crippen LogP contribution < -0.4 is 0 Å². The highest BCUT2D eigenvalue weighted by molar-refractivity contribution is 9.10. The van der Waals surface area contributed by atoms with E-state index in [1.807, 2.05) is 42.5 Å². The van der Waals surface area contributed by atoms with Gasteiger partial charge in [0.2, 0.25) is 0 Å². The largest absolute Gasteiger partial charge is 0.481 e. The van der Waals surface area contributed by atoms with Crippen LogP contribution in [-0.2, 0) is 4.79 Å². The summed E-state index contributed by atoms with van der Waals surface area (Å²) in [5.41, 5.74) is 3.31. The van der Waals surface area contributed by atoms with Crippen LogP contribution in [0.25, 0.3) is 5.69 Å². The number of benzene rings is 2.